The summed E-state index contributed by atoms with van der Waals surface area (Å²) < 4.78 is 0. The van der Waals surface area contributed by atoms with E-state index in [1.54, 1.807) is 30.3 Å². The van der Waals surface area contributed by atoms with Crippen LogP contribution in [0.1, 0.15) is 10.4 Å². The van der Waals surface area contributed by atoms with E-state index in [9.17, 15) is 14.9 Å². The fourth-order valence-corrected chi connectivity index (χ4v) is 1.85. The maximum Gasteiger partial charge on any atom is 0.292 e. The minimum atomic E-state index is -0.555. The Balaban J connectivity index is 2.41. The second kappa shape index (κ2) is 5.56. The lowest BCUT2D eigenvalue weighted by Gasteiger charge is -2.17. The van der Waals surface area contributed by atoms with Crippen molar-refractivity contribution in [1.82, 2.24) is 0 Å². The van der Waals surface area contributed by atoms with Gasteiger partial charge in [-0.3, -0.25) is 14.9 Å². The van der Waals surface area contributed by atoms with Crippen molar-refractivity contribution in [3.63, 3.8) is 0 Å². The topological polar surface area (TPSA) is 63.5 Å². The molecule has 2 radical (unpaired) electrons. The summed E-state index contributed by atoms with van der Waals surface area (Å²) in [7, 11) is 7.04. The van der Waals surface area contributed by atoms with Gasteiger partial charge in [0.25, 0.3) is 11.6 Å². The number of amides is 1. The fourth-order valence-electron chi connectivity index (χ4n) is 1.85. The highest BCUT2D eigenvalue weighted by molar-refractivity contribution is 6.32. The summed E-state index contributed by atoms with van der Waals surface area (Å²) in [5, 5.41) is 11.0. The van der Waals surface area contributed by atoms with E-state index < -0.39 is 4.92 Å². The van der Waals surface area contributed by atoms with Crippen LogP contribution in [0.3, 0.4) is 0 Å². The molecule has 0 saturated heterocycles. The molecule has 0 bridgehead atoms. The Morgan fingerprint density at radius 3 is 2.45 bits per heavy atom. The molecule has 0 aliphatic heterocycles. The zero-order valence-electron chi connectivity index (χ0n) is 10.8. The minimum absolute atomic E-state index is 0.197. The van der Waals surface area contributed by atoms with Crippen molar-refractivity contribution in [2.45, 2.75) is 0 Å². The molecule has 2 aromatic carbocycles. The lowest BCUT2D eigenvalue weighted by molar-refractivity contribution is -0.384. The minimum Gasteiger partial charge on any atom is -0.305 e. The van der Waals surface area contributed by atoms with Crippen LogP contribution in [0.25, 0.3) is 0 Å². The third kappa shape index (κ3) is 2.69. The molecule has 2 rings (SSSR count). The molecule has 0 spiro atoms. The smallest absolute Gasteiger partial charge is 0.292 e. The molecule has 2 aromatic rings. The predicted octanol–water partition coefficient (Wildman–Crippen LogP) is 1.67. The van der Waals surface area contributed by atoms with Gasteiger partial charge in [-0.25, -0.2) is 0 Å². The number of anilines is 1. The highest BCUT2D eigenvalue weighted by Crippen LogP contribution is 2.26. The van der Waals surface area contributed by atoms with Crippen LogP contribution in [0.5, 0.6) is 0 Å². The van der Waals surface area contributed by atoms with Crippen LogP contribution in [-0.4, -0.2) is 25.7 Å². The SMILES string of the molecule is [B]c1ccc(N(C)C(=O)c2ccccc2)c([N+](=O)[O-])c1. The molecule has 0 aliphatic rings. The molecule has 5 nitrogen and oxygen atoms in total. The highest BCUT2D eigenvalue weighted by Gasteiger charge is 2.22. The fraction of sp³-hybridized carbons (Fsp3) is 0.0714. The molecule has 20 heavy (non-hydrogen) atoms. The van der Waals surface area contributed by atoms with Gasteiger partial charge in [-0.2, -0.15) is 0 Å². The average Bonchev–Trinajstić information content (AvgIpc) is 2.46. The lowest BCUT2D eigenvalue weighted by atomic mass is 9.95. The number of nitro benzene ring substituents is 1. The average molecular weight is 266 g/mol. The van der Waals surface area contributed by atoms with Crippen molar-refractivity contribution < 1.29 is 9.72 Å². The largest absolute Gasteiger partial charge is 0.305 e. The summed E-state index contributed by atoms with van der Waals surface area (Å²) in [6.07, 6.45) is 0. The summed E-state index contributed by atoms with van der Waals surface area (Å²) in [6, 6.07) is 12.8. The van der Waals surface area contributed by atoms with E-state index in [4.69, 9.17) is 7.85 Å². The molecule has 0 atom stereocenters. The van der Waals surface area contributed by atoms with Gasteiger partial charge in [0.15, 0.2) is 0 Å². The van der Waals surface area contributed by atoms with Crippen molar-refractivity contribution in [2.24, 2.45) is 0 Å². The predicted molar refractivity (Wildman–Crippen MR) is 77.7 cm³/mol. The number of benzene rings is 2. The van der Waals surface area contributed by atoms with E-state index in [1.165, 1.54) is 30.1 Å². The molecule has 1 amide bonds. The molecular formula is C14H11BN2O3. The number of nitrogens with zero attached hydrogens (tertiary/aromatic N) is 2. The Hall–Kier alpha value is -2.63. The molecule has 6 heteroatoms. The van der Waals surface area contributed by atoms with Gasteiger partial charge < -0.3 is 4.90 Å². The number of rotatable bonds is 3. The first-order valence-corrected chi connectivity index (χ1v) is 5.87. The number of carbonyl (C=O) groups is 1. The summed E-state index contributed by atoms with van der Waals surface area (Å²) >= 11 is 0. The Kier molecular flexibility index (Phi) is 3.84. The first-order valence-electron chi connectivity index (χ1n) is 5.87. The van der Waals surface area contributed by atoms with Gasteiger partial charge >= 0.3 is 0 Å². The highest BCUT2D eigenvalue weighted by atomic mass is 16.6. The summed E-state index contributed by atoms with van der Waals surface area (Å²) in [4.78, 5) is 24.0. The van der Waals surface area contributed by atoms with Crippen LogP contribution >= 0.6 is 0 Å². The second-order valence-electron chi connectivity index (χ2n) is 4.24. The lowest BCUT2D eigenvalue weighted by Crippen LogP contribution is -2.27. The normalized spacial score (nSPS) is 10.1. The molecule has 0 N–H and O–H groups in total. The van der Waals surface area contributed by atoms with Gasteiger partial charge in [0.2, 0.25) is 0 Å². The third-order valence-corrected chi connectivity index (χ3v) is 2.88. The maximum absolute atomic E-state index is 12.3. The maximum atomic E-state index is 12.3. The van der Waals surface area contributed by atoms with Gasteiger partial charge in [0, 0.05) is 18.7 Å². The van der Waals surface area contributed by atoms with E-state index >= 15 is 0 Å². The van der Waals surface area contributed by atoms with E-state index in [2.05, 4.69) is 0 Å². The van der Waals surface area contributed by atoms with Crippen molar-refractivity contribution in [1.29, 1.82) is 0 Å². The molecule has 0 fully saturated rings. The van der Waals surface area contributed by atoms with Crippen LogP contribution in [0.4, 0.5) is 11.4 Å². The van der Waals surface area contributed by atoms with Gasteiger partial charge in [0.05, 0.1) is 4.92 Å². The van der Waals surface area contributed by atoms with Crippen molar-refractivity contribution in [2.75, 3.05) is 11.9 Å². The van der Waals surface area contributed by atoms with Crippen LogP contribution in [0.2, 0.25) is 0 Å². The van der Waals surface area contributed by atoms with Crippen LogP contribution < -0.4 is 10.4 Å². The molecule has 0 unspecified atom stereocenters. The van der Waals surface area contributed by atoms with Crippen LogP contribution in [0, 0.1) is 10.1 Å². The molecule has 0 heterocycles. The Bertz CT molecular complexity index is 659. The zero-order valence-corrected chi connectivity index (χ0v) is 10.8. The second-order valence-corrected chi connectivity index (χ2v) is 4.24. The summed E-state index contributed by atoms with van der Waals surface area (Å²) in [5.41, 5.74) is 0.747. The standard InChI is InChI=1S/C14H11BN2O3/c1-16(14(18)10-5-3-2-4-6-10)12-8-7-11(15)9-13(12)17(19)20/h2-9H,1H3. The van der Waals surface area contributed by atoms with Crippen LogP contribution in [-0.2, 0) is 0 Å². The third-order valence-electron chi connectivity index (χ3n) is 2.88. The van der Waals surface area contributed by atoms with Gasteiger partial charge in [-0.05, 0) is 18.2 Å². The van der Waals surface area contributed by atoms with Crippen molar-refractivity contribution >= 4 is 30.6 Å². The summed E-state index contributed by atoms with van der Waals surface area (Å²) in [6.45, 7) is 0. The first kappa shape index (κ1) is 13.8. The van der Waals surface area contributed by atoms with Crippen LogP contribution in [0.15, 0.2) is 48.5 Å². The zero-order chi connectivity index (χ0) is 14.7. The van der Waals surface area contributed by atoms with E-state index in [0.717, 1.165) is 0 Å². The quantitative estimate of drug-likeness (QED) is 0.482. The Labute approximate surface area is 117 Å². The Morgan fingerprint density at radius 1 is 1.20 bits per heavy atom. The van der Waals surface area contributed by atoms with E-state index in [0.29, 0.717) is 5.56 Å². The van der Waals surface area contributed by atoms with Gasteiger partial charge in [-0.15, -0.1) is 0 Å². The van der Waals surface area contributed by atoms with E-state index in [-0.39, 0.29) is 22.7 Å². The summed E-state index contributed by atoms with van der Waals surface area (Å²) in [5.74, 6) is -0.321. The van der Waals surface area contributed by atoms with Gasteiger partial charge in [0.1, 0.15) is 13.5 Å². The molecule has 0 aromatic heterocycles. The molecule has 0 saturated carbocycles. The number of carbonyl (C=O) groups excluding carboxylic acids is 1. The van der Waals surface area contributed by atoms with E-state index in [1.807, 2.05) is 0 Å². The Morgan fingerprint density at radius 2 is 1.85 bits per heavy atom. The molecular weight excluding hydrogens is 255 g/mol. The van der Waals surface area contributed by atoms with Crippen molar-refractivity contribution in [3.05, 3.63) is 64.2 Å². The molecule has 0 aliphatic carbocycles. The monoisotopic (exact) mass is 266 g/mol. The van der Waals surface area contributed by atoms with Gasteiger partial charge in [-0.1, -0.05) is 29.7 Å². The van der Waals surface area contributed by atoms with Crippen molar-refractivity contribution in [3.8, 4) is 0 Å². The molecule has 98 valence electrons. The first-order chi connectivity index (χ1) is 9.50. The number of nitro groups is 1. The number of hydrogen-bond acceptors (Lipinski definition) is 3. The number of hydrogen-bond donors (Lipinski definition) is 0.